The molecule has 0 spiro atoms. The number of ether oxygens (including phenoxy) is 1. The van der Waals surface area contributed by atoms with Crippen molar-refractivity contribution in [3.8, 4) is 11.6 Å². The number of pyridine rings is 2. The molecule has 4 aromatic rings. The summed E-state index contributed by atoms with van der Waals surface area (Å²) in [6.07, 6.45) is 7.32. The Morgan fingerprint density at radius 2 is 1.95 bits per heavy atom. The average molecular weight is 292 g/mol. The molecule has 108 valence electrons. The molecule has 1 aromatic carbocycles. The predicted molar refractivity (Wildman–Crippen MR) is 83.0 cm³/mol. The third kappa shape index (κ3) is 2.07. The van der Waals surface area contributed by atoms with Crippen molar-refractivity contribution in [1.82, 2.24) is 14.5 Å². The standard InChI is InChI=1S/C17H12FN3O/c18-11-22-15-2-1-13-8-17(20-9-14(13)7-15)21-6-4-12-3-5-19-10-16(12)21/h1-10H,11H2/i18-1. The van der Waals surface area contributed by atoms with Crippen LogP contribution in [0.3, 0.4) is 0 Å². The summed E-state index contributed by atoms with van der Waals surface area (Å²) >= 11 is 0. The van der Waals surface area contributed by atoms with E-state index in [-0.39, 0.29) is 0 Å². The van der Waals surface area contributed by atoms with Crippen LogP contribution in [0.2, 0.25) is 0 Å². The second kappa shape index (κ2) is 5.11. The van der Waals surface area contributed by atoms with Crippen molar-refractivity contribution in [1.29, 1.82) is 0 Å². The summed E-state index contributed by atoms with van der Waals surface area (Å²) in [5.74, 6) is 1.31. The van der Waals surface area contributed by atoms with Gasteiger partial charge in [-0.2, -0.15) is 0 Å². The molecule has 0 radical (unpaired) electrons. The third-order valence-corrected chi connectivity index (χ3v) is 3.64. The summed E-state index contributed by atoms with van der Waals surface area (Å²) in [6, 6.07) is 11.4. The number of aromatic nitrogens is 3. The zero-order valence-electron chi connectivity index (χ0n) is 11.6. The molecule has 3 aromatic heterocycles. The minimum Gasteiger partial charge on any atom is -0.463 e. The second-order valence-corrected chi connectivity index (χ2v) is 4.93. The minimum absolute atomic E-state index is 0.500. The molecule has 4 rings (SSSR count). The van der Waals surface area contributed by atoms with E-state index in [1.807, 2.05) is 41.2 Å². The first-order valence-corrected chi connectivity index (χ1v) is 6.85. The highest BCUT2D eigenvalue weighted by atomic mass is 18.2. The van der Waals surface area contributed by atoms with Crippen LogP contribution in [0.4, 0.5) is 4.39 Å². The molecule has 0 atom stereocenters. The molecule has 0 aliphatic rings. The van der Waals surface area contributed by atoms with Gasteiger partial charge in [-0.3, -0.25) is 9.55 Å². The van der Waals surface area contributed by atoms with Gasteiger partial charge in [0, 0.05) is 29.4 Å². The number of benzene rings is 1. The van der Waals surface area contributed by atoms with Crippen LogP contribution in [-0.4, -0.2) is 21.4 Å². The van der Waals surface area contributed by atoms with Crippen molar-refractivity contribution in [2.24, 2.45) is 0 Å². The van der Waals surface area contributed by atoms with Crippen molar-refractivity contribution in [2.75, 3.05) is 6.86 Å². The van der Waals surface area contributed by atoms with E-state index in [1.54, 1.807) is 24.5 Å². The second-order valence-electron chi connectivity index (χ2n) is 4.93. The monoisotopic (exact) mass is 292 g/mol. The molecule has 22 heavy (non-hydrogen) atoms. The van der Waals surface area contributed by atoms with Gasteiger partial charge in [-0.05, 0) is 35.7 Å². The summed E-state index contributed by atoms with van der Waals surface area (Å²) in [7, 11) is 0. The maximum Gasteiger partial charge on any atom is 0.228 e. The molecule has 4 nitrogen and oxygen atoms in total. The molecule has 0 N–H and O–H groups in total. The van der Waals surface area contributed by atoms with Gasteiger partial charge in [0.15, 0.2) is 0 Å². The van der Waals surface area contributed by atoms with Crippen LogP contribution in [0.25, 0.3) is 27.5 Å². The Balaban J connectivity index is 1.84. The Morgan fingerprint density at radius 3 is 2.86 bits per heavy atom. The highest BCUT2D eigenvalue weighted by Crippen LogP contribution is 2.24. The van der Waals surface area contributed by atoms with Crippen LogP contribution >= 0.6 is 0 Å². The van der Waals surface area contributed by atoms with E-state index >= 15 is 0 Å². The Hall–Kier alpha value is -2.95. The fourth-order valence-corrected chi connectivity index (χ4v) is 2.57. The van der Waals surface area contributed by atoms with Crippen LogP contribution in [0, 0.1) is 0 Å². The van der Waals surface area contributed by atoms with Gasteiger partial charge in [0.1, 0.15) is 11.6 Å². The molecule has 3 heterocycles. The first kappa shape index (κ1) is 12.8. The Morgan fingerprint density at radius 1 is 1.00 bits per heavy atom. The van der Waals surface area contributed by atoms with Crippen LogP contribution in [0.5, 0.6) is 5.75 Å². The molecular weight excluding hydrogens is 280 g/mol. The fraction of sp³-hybridized carbons (Fsp3) is 0.0588. The highest BCUT2D eigenvalue weighted by Gasteiger charge is 2.06. The van der Waals surface area contributed by atoms with E-state index in [4.69, 9.17) is 4.74 Å². The number of nitrogens with zero attached hydrogens (tertiary/aromatic N) is 3. The van der Waals surface area contributed by atoms with E-state index in [0.29, 0.717) is 5.75 Å². The molecule has 0 bridgehead atoms. The van der Waals surface area contributed by atoms with Gasteiger partial charge in [0.2, 0.25) is 6.86 Å². The van der Waals surface area contributed by atoms with Gasteiger partial charge < -0.3 is 4.74 Å². The Kier molecular flexibility index (Phi) is 2.96. The highest BCUT2D eigenvalue weighted by molar-refractivity contribution is 5.86. The first-order chi connectivity index (χ1) is 10.8. The number of fused-ring (bicyclic) bond motifs is 2. The molecule has 0 saturated heterocycles. The smallest absolute Gasteiger partial charge is 0.228 e. The number of hydrogen-bond acceptors (Lipinski definition) is 3. The first-order valence-electron chi connectivity index (χ1n) is 6.85. The molecule has 0 fully saturated rings. The summed E-state index contributed by atoms with van der Waals surface area (Å²) in [6.45, 7) is -0.834. The van der Waals surface area contributed by atoms with Crippen molar-refractivity contribution in [2.45, 2.75) is 0 Å². The SMILES string of the molecule is [18F]COc1ccc2cc(-n3ccc4ccncc43)ncc2c1. The molecule has 0 unspecified atom stereocenters. The van der Waals surface area contributed by atoms with E-state index in [1.165, 1.54) is 0 Å². The van der Waals surface area contributed by atoms with Gasteiger partial charge >= 0.3 is 0 Å². The lowest BCUT2D eigenvalue weighted by Crippen LogP contribution is -1.96. The predicted octanol–water partition coefficient (Wildman–Crippen LogP) is 3.88. The van der Waals surface area contributed by atoms with E-state index in [9.17, 15) is 4.39 Å². The molecule has 5 heteroatoms. The number of alkyl halides is 1. The van der Waals surface area contributed by atoms with Gasteiger partial charge in [-0.25, -0.2) is 9.37 Å². The van der Waals surface area contributed by atoms with Crippen molar-refractivity contribution in [3.05, 3.63) is 61.2 Å². The van der Waals surface area contributed by atoms with E-state index in [2.05, 4.69) is 9.97 Å². The van der Waals surface area contributed by atoms with E-state index < -0.39 is 6.86 Å². The van der Waals surface area contributed by atoms with Crippen LogP contribution < -0.4 is 4.74 Å². The Bertz CT molecular complexity index is 964. The molecular formula is C17H12FN3O. The lowest BCUT2D eigenvalue weighted by molar-refractivity contribution is 0.192. The maximum atomic E-state index is 12.2. The average Bonchev–Trinajstić information content (AvgIpc) is 2.99. The zero-order chi connectivity index (χ0) is 14.9. The summed E-state index contributed by atoms with van der Waals surface area (Å²) < 4.78 is 19.1. The summed E-state index contributed by atoms with van der Waals surface area (Å²) in [5, 5.41) is 3.04. The Labute approximate surface area is 125 Å². The van der Waals surface area contributed by atoms with Crippen LogP contribution in [0.15, 0.2) is 61.2 Å². The third-order valence-electron chi connectivity index (χ3n) is 3.64. The van der Waals surface area contributed by atoms with Gasteiger partial charge in [-0.15, -0.1) is 0 Å². The lowest BCUT2D eigenvalue weighted by atomic mass is 10.1. The number of halogens is 1. The topological polar surface area (TPSA) is 39.9 Å². The summed E-state index contributed by atoms with van der Waals surface area (Å²) in [4.78, 5) is 8.65. The zero-order valence-corrected chi connectivity index (χ0v) is 11.6. The molecule has 0 aliphatic carbocycles. The van der Waals surface area contributed by atoms with Crippen LogP contribution in [0.1, 0.15) is 0 Å². The maximum absolute atomic E-state index is 12.2. The summed E-state index contributed by atoms with van der Waals surface area (Å²) in [5.41, 5.74) is 1.01. The lowest BCUT2D eigenvalue weighted by Gasteiger charge is -2.07. The van der Waals surface area contributed by atoms with Crippen LogP contribution in [-0.2, 0) is 0 Å². The molecule has 0 amide bonds. The van der Waals surface area contributed by atoms with Gasteiger partial charge in [-0.1, -0.05) is 6.07 Å². The largest absolute Gasteiger partial charge is 0.463 e. The number of rotatable bonds is 3. The fourth-order valence-electron chi connectivity index (χ4n) is 2.57. The van der Waals surface area contributed by atoms with Gasteiger partial charge in [0.05, 0.1) is 11.7 Å². The molecule has 0 saturated carbocycles. The van der Waals surface area contributed by atoms with Gasteiger partial charge in [0.25, 0.3) is 0 Å². The van der Waals surface area contributed by atoms with Crippen molar-refractivity contribution in [3.63, 3.8) is 0 Å². The van der Waals surface area contributed by atoms with Crippen molar-refractivity contribution >= 4 is 21.7 Å². The number of hydrogen-bond donors (Lipinski definition) is 0. The quantitative estimate of drug-likeness (QED) is 0.575. The van der Waals surface area contributed by atoms with E-state index in [0.717, 1.165) is 27.5 Å². The minimum atomic E-state index is -0.834. The molecule has 0 aliphatic heterocycles. The van der Waals surface area contributed by atoms with Crippen molar-refractivity contribution < 1.29 is 9.13 Å². The normalized spacial score (nSPS) is 11.1.